The number of aromatic nitrogens is 2. The van der Waals surface area contributed by atoms with Crippen LogP contribution in [-0.2, 0) is 6.42 Å². The summed E-state index contributed by atoms with van der Waals surface area (Å²) in [5, 5.41) is 4.33. The molecule has 0 saturated heterocycles. The number of nitrogens with one attached hydrogen (secondary N) is 2. The first kappa shape index (κ1) is 25.4. The first-order valence-electron chi connectivity index (χ1n) is 12.3. The van der Waals surface area contributed by atoms with Gasteiger partial charge in [0.25, 0.3) is 0 Å². The van der Waals surface area contributed by atoms with Crippen molar-refractivity contribution in [1.29, 1.82) is 0 Å². The number of ether oxygens (including phenoxy) is 2. The van der Waals surface area contributed by atoms with E-state index in [1.54, 1.807) is 27.2 Å². The maximum Gasteiger partial charge on any atom is 0.146 e. The summed E-state index contributed by atoms with van der Waals surface area (Å²) >= 11 is 0. The number of hydrogen-bond donors (Lipinski definition) is 2. The lowest BCUT2D eigenvalue weighted by atomic mass is 9.89. The Morgan fingerprint density at radius 1 is 1.26 bits per heavy atom. The van der Waals surface area contributed by atoms with Crippen LogP contribution in [0.5, 0.6) is 11.5 Å². The second-order valence-corrected chi connectivity index (χ2v) is 9.81. The number of alkyl halides is 2. The minimum Gasteiger partial charge on any atom is -0.495 e. The van der Waals surface area contributed by atoms with Gasteiger partial charge < -0.3 is 19.8 Å². The van der Waals surface area contributed by atoms with Crippen LogP contribution >= 0.6 is 0 Å². The molecule has 1 aromatic carbocycles. The number of hydrogen-bond acceptors (Lipinski definition) is 5. The third-order valence-corrected chi connectivity index (χ3v) is 6.45. The third kappa shape index (κ3) is 5.76. The largest absolute Gasteiger partial charge is 0.495 e. The molecule has 8 heteroatoms. The van der Waals surface area contributed by atoms with Crippen molar-refractivity contribution in [1.82, 2.24) is 20.2 Å². The fourth-order valence-corrected chi connectivity index (χ4v) is 4.93. The Kier molecular flexibility index (Phi) is 7.91. The van der Waals surface area contributed by atoms with Crippen molar-refractivity contribution in [3.05, 3.63) is 53.5 Å². The molecule has 0 spiro atoms. The number of para-hydroxylation sites is 1. The van der Waals surface area contributed by atoms with Crippen molar-refractivity contribution < 1.29 is 18.3 Å². The highest BCUT2D eigenvalue weighted by molar-refractivity contribution is 5.85. The van der Waals surface area contributed by atoms with E-state index in [2.05, 4.69) is 34.3 Å². The fourth-order valence-electron chi connectivity index (χ4n) is 4.93. The van der Waals surface area contributed by atoms with Crippen LogP contribution in [0.4, 0.5) is 8.78 Å². The zero-order valence-corrected chi connectivity index (χ0v) is 21.0. The van der Waals surface area contributed by atoms with Gasteiger partial charge in [0.05, 0.1) is 26.0 Å². The van der Waals surface area contributed by atoms with Gasteiger partial charge in [0.1, 0.15) is 29.5 Å². The lowest BCUT2D eigenvalue weighted by molar-refractivity contribution is 0.0644. The predicted molar refractivity (Wildman–Crippen MR) is 135 cm³/mol. The summed E-state index contributed by atoms with van der Waals surface area (Å²) in [6, 6.07) is 9.92. The number of H-pyrrole nitrogens is 1. The van der Waals surface area contributed by atoms with Gasteiger partial charge in [0.2, 0.25) is 0 Å². The topological polar surface area (TPSA) is 62.4 Å². The number of nitrogens with zero attached hydrogens (tertiary/aromatic N) is 2. The molecule has 2 N–H and O–H groups in total. The van der Waals surface area contributed by atoms with E-state index >= 15 is 0 Å². The van der Waals surface area contributed by atoms with Gasteiger partial charge in [-0.05, 0) is 51.8 Å². The molecule has 0 aliphatic carbocycles. The lowest BCUT2D eigenvalue weighted by Crippen LogP contribution is -2.48. The molecule has 0 radical (unpaired) electrons. The van der Waals surface area contributed by atoms with Gasteiger partial charge in [0.15, 0.2) is 0 Å². The quantitative estimate of drug-likeness (QED) is 0.374. The van der Waals surface area contributed by atoms with E-state index in [-0.39, 0.29) is 25.3 Å². The molecule has 0 fully saturated rings. The smallest absolute Gasteiger partial charge is 0.146 e. The van der Waals surface area contributed by atoms with Gasteiger partial charge in [0, 0.05) is 41.8 Å². The number of methoxy groups -OCH3 is 1. The van der Waals surface area contributed by atoms with Crippen LogP contribution in [0.25, 0.3) is 10.9 Å². The molecule has 3 heterocycles. The Bertz CT molecular complexity index is 1130. The summed E-state index contributed by atoms with van der Waals surface area (Å²) in [5.74, 6) is 1.19. The Labute approximate surface area is 206 Å². The van der Waals surface area contributed by atoms with Gasteiger partial charge in [-0.2, -0.15) is 0 Å². The van der Waals surface area contributed by atoms with Crippen LogP contribution in [0, 0.1) is 0 Å². The molecule has 1 aliphatic heterocycles. The summed E-state index contributed by atoms with van der Waals surface area (Å²) in [7, 11) is 1.62. The molecule has 1 aliphatic rings. The zero-order chi connectivity index (χ0) is 25.0. The number of rotatable bonds is 11. The normalized spacial score (nSPS) is 18.6. The molecular formula is C27H36F2N4O2. The van der Waals surface area contributed by atoms with E-state index in [4.69, 9.17) is 14.5 Å². The molecule has 190 valence electrons. The lowest BCUT2D eigenvalue weighted by Gasteiger charge is -2.42. The number of aromatic amines is 1. The van der Waals surface area contributed by atoms with Crippen molar-refractivity contribution in [3.8, 4) is 11.5 Å². The standard InChI is InChI=1S/C27H36F2N4O2/c1-18-14-21-20-8-5-6-9-22(20)32-24(21)26(33(18)17-27(2,3)29)25-23(34-4)15-19(16-31-25)35-13-12-30-11-7-10-28/h5-6,8-9,15-16,18,26,30,32H,7,10-14,17H2,1-4H3/t18-,26+/m1/s1. The highest BCUT2D eigenvalue weighted by atomic mass is 19.1. The Morgan fingerprint density at radius 3 is 2.80 bits per heavy atom. The van der Waals surface area contributed by atoms with E-state index in [1.165, 1.54) is 10.9 Å². The van der Waals surface area contributed by atoms with Crippen LogP contribution in [0.15, 0.2) is 36.5 Å². The summed E-state index contributed by atoms with van der Waals surface area (Å²) in [6.45, 7) is 6.97. The highest BCUT2D eigenvalue weighted by Gasteiger charge is 2.40. The number of fused-ring (bicyclic) bond motifs is 3. The zero-order valence-electron chi connectivity index (χ0n) is 21.0. The first-order chi connectivity index (χ1) is 16.8. The van der Waals surface area contributed by atoms with Crippen molar-refractivity contribution in [2.24, 2.45) is 0 Å². The van der Waals surface area contributed by atoms with Crippen molar-refractivity contribution in [2.45, 2.75) is 51.4 Å². The fraction of sp³-hybridized carbons (Fsp3) is 0.519. The summed E-state index contributed by atoms with van der Waals surface area (Å²) in [5.41, 5.74) is 2.70. The van der Waals surface area contributed by atoms with E-state index in [9.17, 15) is 8.78 Å². The van der Waals surface area contributed by atoms with E-state index in [1.807, 2.05) is 18.2 Å². The Balaban J connectivity index is 1.68. The molecule has 0 saturated carbocycles. The number of halogens is 2. The molecule has 6 nitrogen and oxygen atoms in total. The van der Waals surface area contributed by atoms with Gasteiger partial charge in [-0.15, -0.1) is 0 Å². The Hall–Kier alpha value is -2.71. The second-order valence-electron chi connectivity index (χ2n) is 9.81. The predicted octanol–water partition coefficient (Wildman–Crippen LogP) is 4.98. The van der Waals surface area contributed by atoms with E-state index in [0.29, 0.717) is 37.6 Å². The Morgan fingerprint density at radius 2 is 2.06 bits per heavy atom. The minimum atomic E-state index is -1.37. The monoisotopic (exact) mass is 486 g/mol. The molecule has 0 amide bonds. The summed E-state index contributed by atoms with van der Waals surface area (Å²) < 4.78 is 38.8. The van der Waals surface area contributed by atoms with E-state index < -0.39 is 5.67 Å². The maximum absolute atomic E-state index is 15.0. The maximum atomic E-state index is 15.0. The van der Waals surface area contributed by atoms with Gasteiger partial charge in [-0.1, -0.05) is 18.2 Å². The number of pyridine rings is 1. The average Bonchev–Trinajstić information content (AvgIpc) is 3.19. The van der Waals surface area contributed by atoms with Crippen LogP contribution in [0.1, 0.15) is 50.2 Å². The molecule has 0 unspecified atom stereocenters. The van der Waals surface area contributed by atoms with Crippen LogP contribution in [0.2, 0.25) is 0 Å². The van der Waals surface area contributed by atoms with Gasteiger partial charge in [-0.25, -0.2) is 4.39 Å². The number of benzene rings is 1. The molecule has 2 atom stereocenters. The van der Waals surface area contributed by atoms with Crippen molar-refractivity contribution in [2.75, 3.05) is 40.0 Å². The molecular weight excluding hydrogens is 450 g/mol. The summed E-state index contributed by atoms with van der Waals surface area (Å²) in [6.07, 6.45) is 3.01. The van der Waals surface area contributed by atoms with Crippen molar-refractivity contribution >= 4 is 10.9 Å². The van der Waals surface area contributed by atoms with Crippen LogP contribution in [0.3, 0.4) is 0 Å². The molecule has 2 aromatic heterocycles. The molecule has 35 heavy (non-hydrogen) atoms. The highest BCUT2D eigenvalue weighted by Crippen LogP contribution is 2.43. The second kappa shape index (κ2) is 10.9. The molecule has 0 bridgehead atoms. The first-order valence-corrected chi connectivity index (χ1v) is 12.3. The SMILES string of the molecule is COc1cc(OCCNCCCF)cnc1[C@@H]1c2[nH]c3ccccc3c2C[C@@H](C)N1CC(C)(C)F. The molecule has 4 rings (SSSR count). The molecule has 3 aromatic rings. The third-order valence-electron chi connectivity index (χ3n) is 6.45. The van der Waals surface area contributed by atoms with Crippen LogP contribution < -0.4 is 14.8 Å². The summed E-state index contributed by atoms with van der Waals surface area (Å²) in [4.78, 5) is 10.6. The average molecular weight is 487 g/mol. The van der Waals surface area contributed by atoms with Crippen LogP contribution in [-0.4, -0.2) is 66.6 Å². The minimum absolute atomic E-state index is 0.111. The van der Waals surface area contributed by atoms with Crippen molar-refractivity contribution in [3.63, 3.8) is 0 Å². The van der Waals surface area contributed by atoms with E-state index in [0.717, 1.165) is 23.3 Å². The van der Waals surface area contributed by atoms with Gasteiger partial charge in [-0.3, -0.25) is 14.3 Å². The van der Waals surface area contributed by atoms with Gasteiger partial charge >= 0.3 is 0 Å².